The Morgan fingerprint density at radius 1 is 1.27 bits per heavy atom. The van der Waals surface area contributed by atoms with E-state index in [4.69, 9.17) is 5.73 Å². The Kier molecular flexibility index (Phi) is 6.67. The number of nitrogens with one attached hydrogen (secondary N) is 1. The quantitative estimate of drug-likeness (QED) is 0.758. The first-order valence-corrected chi connectivity index (χ1v) is 7.26. The number of benzene rings is 1. The maximum Gasteiger partial charge on any atom is 0.418 e. The normalized spacial score (nSPS) is 11.7. The van der Waals surface area contributed by atoms with Gasteiger partial charge in [-0.1, -0.05) is 13.8 Å². The number of alkyl halides is 3. The molecule has 0 aliphatic heterocycles. The molecule has 4 nitrogen and oxygen atoms in total. The summed E-state index contributed by atoms with van der Waals surface area (Å²) in [5.41, 5.74) is 4.13. The van der Waals surface area contributed by atoms with Gasteiger partial charge < -0.3 is 16.0 Å². The Balaban J connectivity index is 2.58. The standard InChI is InChI=1S/C15H22F3N3O/c1-3-21(4-2)9-5-6-14(22)20-11-7-8-13(19)12(10-11)15(16,17)18/h7-8,10H,3-6,9,19H2,1-2H3,(H,20,22). The van der Waals surface area contributed by atoms with E-state index in [1.165, 1.54) is 6.07 Å². The van der Waals surface area contributed by atoms with Crippen LogP contribution in [0.4, 0.5) is 24.5 Å². The van der Waals surface area contributed by atoms with Crippen LogP contribution >= 0.6 is 0 Å². The fourth-order valence-corrected chi connectivity index (χ4v) is 2.11. The molecule has 0 saturated carbocycles. The molecule has 1 aromatic carbocycles. The topological polar surface area (TPSA) is 58.4 Å². The highest BCUT2D eigenvalue weighted by molar-refractivity contribution is 5.91. The van der Waals surface area contributed by atoms with Gasteiger partial charge in [0.1, 0.15) is 0 Å². The largest absolute Gasteiger partial charge is 0.418 e. The van der Waals surface area contributed by atoms with Gasteiger partial charge in [0.25, 0.3) is 0 Å². The van der Waals surface area contributed by atoms with E-state index in [2.05, 4.69) is 10.2 Å². The predicted molar refractivity (Wildman–Crippen MR) is 81.5 cm³/mol. The van der Waals surface area contributed by atoms with Crippen molar-refractivity contribution in [3.63, 3.8) is 0 Å². The van der Waals surface area contributed by atoms with E-state index in [-0.39, 0.29) is 23.7 Å². The molecule has 0 heterocycles. The maximum absolute atomic E-state index is 12.7. The van der Waals surface area contributed by atoms with Gasteiger partial charge >= 0.3 is 6.18 Å². The lowest BCUT2D eigenvalue weighted by Gasteiger charge is -2.17. The van der Waals surface area contributed by atoms with E-state index in [0.29, 0.717) is 6.42 Å². The van der Waals surface area contributed by atoms with Crippen molar-refractivity contribution in [1.82, 2.24) is 4.90 Å². The second-order valence-electron chi connectivity index (χ2n) is 4.98. The zero-order chi connectivity index (χ0) is 16.8. The molecule has 0 bridgehead atoms. The predicted octanol–water partition coefficient (Wildman–Crippen LogP) is 3.35. The molecule has 0 radical (unpaired) electrons. The first-order chi connectivity index (χ1) is 10.3. The SMILES string of the molecule is CCN(CC)CCCC(=O)Nc1ccc(N)c(C(F)(F)F)c1. The smallest absolute Gasteiger partial charge is 0.398 e. The van der Waals surface area contributed by atoms with Crippen molar-refractivity contribution < 1.29 is 18.0 Å². The van der Waals surface area contributed by atoms with Crippen molar-refractivity contribution in [2.45, 2.75) is 32.9 Å². The van der Waals surface area contributed by atoms with Gasteiger partial charge in [-0.25, -0.2) is 0 Å². The monoisotopic (exact) mass is 317 g/mol. The van der Waals surface area contributed by atoms with E-state index in [9.17, 15) is 18.0 Å². The van der Waals surface area contributed by atoms with E-state index in [0.717, 1.165) is 31.8 Å². The van der Waals surface area contributed by atoms with Crippen LogP contribution in [0.2, 0.25) is 0 Å². The van der Waals surface area contributed by atoms with Crippen molar-refractivity contribution in [1.29, 1.82) is 0 Å². The number of hydrogen-bond acceptors (Lipinski definition) is 3. The molecule has 0 spiro atoms. The minimum atomic E-state index is -4.53. The van der Waals surface area contributed by atoms with Gasteiger partial charge in [0.05, 0.1) is 5.56 Å². The molecule has 3 N–H and O–H groups in total. The van der Waals surface area contributed by atoms with Crippen molar-refractivity contribution >= 4 is 17.3 Å². The number of amides is 1. The third kappa shape index (κ3) is 5.55. The highest BCUT2D eigenvalue weighted by Gasteiger charge is 2.33. The summed E-state index contributed by atoms with van der Waals surface area (Å²) >= 11 is 0. The second kappa shape index (κ2) is 8.03. The number of hydrogen-bond donors (Lipinski definition) is 2. The summed E-state index contributed by atoms with van der Waals surface area (Å²) in [6, 6.07) is 3.37. The van der Waals surface area contributed by atoms with Gasteiger partial charge in [-0.2, -0.15) is 13.2 Å². The van der Waals surface area contributed by atoms with Gasteiger partial charge in [0.2, 0.25) is 5.91 Å². The van der Waals surface area contributed by atoms with Gasteiger partial charge in [-0.15, -0.1) is 0 Å². The number of anilines is 2. The van der Waals surface area contributed by atoms with Crippen LogP contribution in [0.25, 0.3) is 0 Å². The minimum Gasteiger partial charge on any atom is -0.398 e. The summed E-state index contributed by atoms with van der Waals surface area (Å²) in [6.45, 7) is 6.68. The van der Waals surface area contributed by atoms with Crippen molar-refractivity contribution in [2.24, 2.45) is 0 Å². The third-order valence-corrected chi connectivity index (χ3v) is 3.42. The molecule has 22 heavy (non-hydrogen) atoms. The highest BCUT2D eigenvalue weighted by atomic mass is 19.4. The first kappa shape index (κ1) is 18.3. The molecule has 1 aromatic rings. The van der Waals surface area contributed by atoms with Crippen LogP contribution in [0.15, 0.2) is 18.2 Å². The van der Waals surface area contributed by atoms with E-state index < -0.39 is 11.7 Å². The second-order valence-corrected chi connectivity index (χ2v) is 4.98. The fourth-order valence-electron chi connectivity index (χ4n) is 2.11. The van der Waals surface area contributed by atoms with Crippen LogP contribution < -0.4 is 11.1 Å². The molecular weight excluding hydrogens is 295 g/mol. The van der Waals surface area contributed by atoms with Crippen molar-refractivity contribution in [3.05, 3.63) is 23.8 Å². The average Bonchev–Trinajstić information content (AvgIpc) is 2.44. The lowest BCUT2D eigenvalue weighted by Crippen LogP contribution is -2.25. The Bertz CT molecular complexity index is 499. The third-order valence-electron chi connectivity index (χ3n) is 3.42. The molecule has 1 rings (SSSR count). The summed E-state index contributed by atoms with van der Waals surface area (Å²) in [4.78, 5) is 14.0. The molecule has 7 heteroatoms. The summed E-state index contributed by atoms with van der Waals surface area (Å²) in [5, 5.41) is 2.48. The number of nitrogens with zero attached hydrogens (tertiary/aromatic N) is 1. The molecule has 1 amide bonds. The highest BCUT2D eigenvalue weighted by Crippen LogP contribution is 2.35. The van der Waals surface area contributed by atoms with Crippen LogP contribution in [0, 0.1) is 0 Å². The zero-order valence-electron chi connectivity index (χ0n) is 12.8. The van der Waals surface area contributed by atoms with Gasteiger partial charge in [0.15, 0.2) is 0 Å². The number of nitrogen functional groups attached to an aromatic ring is 1. The molecule has 124 valence electrons. The Hall–Kier alpha value is -1.76. The molecule has 0 fully saturated rings. The molecule has 0 aliphatic carbocycles. The summed E-state index contributed by atoms with van der Waals surface area (Å²) in [6.07, 6.45) is -3.61. The minimum absolute atomic E-state index is 0.106. The Morgan fingerprint density at radius 3 is 2.45 bits per heavy atom. The molecule has 0 saturated heterocycles. The van der Waals surface area contributed by atoms with Gasteiger partial charge in [-0.05, 0) is 44.3 Å². The molecule has 0 unspecified atom stereocenters. The van der Waals surface area contributed by atoms with Crippen LogP contribution in [0.5, 0.6) is 0 Å². The van der Waals surface area contributed by atoms with Gasteiger partial charge in [0, 0.05) is 17.8 Å². The van der Waals surface area contributed by atoms with E-state index in [1.54, 1.807) is 0 Å². The lowest BCUT2D eigenvalue weighted by atomic mass is 10.1. The number of carbonyl (C=O) groups is 1. The fraction of sp³-hybridized carbons (Fsp3) is 0.533. The molecule has 0 aliphatic rings. The summed E-state index contributed by atoms with van der Waals surface area (Å²) in [5.74, 6) is -0.301. The molecule has 0 atom stereocenters. The average molecular weight is 317 g/mol. The van der Waals surface area contributed by atoms with Crippen LogP contribution in [0.3, 0.4) is 0 Å². The first-order valence-electron chi connectivity index (χ1n) is 7.26. The molecule has 0 aromatic heterocycles. The number of carbonyl (C=O) groups excluding carboxylic acids is 1. The number of rotatable bonds is 7. The summed E-state index contributed by atoms with van der Waals surface area (Å²) in [7, 11) is 0. The van der Waals surface area contributed by atoms with E-state index in [1.807, 2.05) is 13.8 Å². The number of halogens is 3. The van der Waals surface area contributed by atoms with Crippen molar-refractivity contribution in [2.75, 3.05) is 30.7 Å². The number of nitrogens with two attached hydrogens (primary N) is 1. The Labute approximate surface area is 128 Å². The molecular formula is C15H22F3N3O. The van der Waals surface area contributed by atoms with Crippen molar-refractivity contribution in [3.8, 4) is 0 Å². The Morgan fingerprint density at radius 2 is 1.91 bits per heavy atom. The van der Waals surface area contributed by atoms with E-state index >= 15 is 0 Å². The van der Waals surface area contributed by atoms with Crippen LogP contribution in [0.1, 0.15) is 32.3 Å². The van der Waals surface area contributed by atoms with Crippen LogP contribution in [-0.2, 0) is 11.0 Å². The lowest BCUT2D eigenvalue weighted by molar-refractivity contribution is -0.136. The summed E-state index contributed by atoms with van der Waals surface area (Å²) < 4.78 is 38.2. The van der Waals surface area contributed by atoms with Gasteiger partial charge in [-0.3, -0.25) is 4.79 Å². The van der Waals surface area contributed by atoms with Crippen LogP contribution in [-0.4, -0.2) is 30.4 Å². The zero-order valence-corrected chi connectivity index (χ0v) is 12.8. The maximum atomic E-state index is 12.7.